The minimum Gasteiger partial charge on any atom is -0.358 e. The van der Waals surface area contributed by atoms with Crippen molar-refractivity contribution in [2.75, 3.05) is 0 Å². The zero-order valence-electron chi connectivity index (χ0n) is 12.6. The van der Waals surface area contributed by atoms with E-state index in [1.54, 1.807) is 12.2 Å². The summed E-state index contributed by atoms with van der Waals surface area (Å²) in [5, 5.41) is 0. The summed E-state index contributed by atoms with van der Waals surface area (Å²) in [7, 11) is 0. The molecule has 0 bridgehead atoms. The predicted octanol–water partition coefficient (Wildman–Crippen LogP) is 4.88. The fourth-order valence-electron chi connectivity index (χ4n) is 1.54. The molecular formula is C19H20OPd2-2. The van der Waals surface area contributed by atoms with Crippen LogP contribution in [0.3, 0.4) is 0 Å². The van der Waals surface area contributed by atoms with E-state index in [0.29, 0.717) is 0 Å². The maximum Gasteiger partial charge on any atom is 0.178 e. The van der Waals surface area contributed by atoms with Crippen LogP contribution in [0.2, 0.25) is 0 Å². The van der Waals surface area contributed by atoms with Crippen LogP contribution in [-0.4, -0.2) is 5.78 Å². The fraction of sp³-hybridized carbons (Fsp3) is 0. The van der Waals surface area contributed by atoms with Crippen molar-refractivity contribution < 1.29 is 45.6 Å². The molecule has 2 aromatic rings. The number of hydrogen-bond donors (Lipinski definition) is 0. The van der Waals surface area contributed by atoms with E-state index in [9.17, 15) is 4.79 Å². The van der Waals surface area contributed by atoms with Crippen LogP contribution >= 0.6 is 0 Å². The quantitative estimate of drug-likeness (QED) is 0.349. The number of rotatable bonds is 4. The Kier molecular flexibility index (Phi) is 17.4. The van der Waals surface area contributed by atoms with Crippen molar-refractivity contribution in [2.45, 2.75) is 0 Å². The molecule has 124 valence electrons. The Balaban J connectivity index is -0.000000902. The van der Waals surface area contributed by atoms with E-state index >= 15 is 0 Å². The molecule has 0 fully saturated rings. The van der Waals surface area contributed by atoms with Gasteiger partial charge in [-0.05, 0) is 23.3 Å². The van der Waals surface area contributed by atoms with Gasteiger partial charge in [-0.3, -0.25) is 4.79 Å². The third-order valence-corrected chi connectivity index (χ3v) is 2.48. The Morgan fingerprint density at radius 3 is 1.27 bits per heavy atom. The molecule has 0 amide bonds. The molecule has 0 aliphatic carbocycles. The average molecular weight is 477 g/mol. The van der Waals surface area contributed by atoms with Crippen LogP contribution in [0.25, 0.3) is 12.2 Å². The first-order chi connectivity index (χ1) is 8.84. The number of ketones is 1. The number of carbonyl (C=O) groups excluding carboxylic acids is 1. The second-order valence-electron chi connectivity index (χ2n) is 3.89. The minimum atomic E-state index is -0.0114. The molecule has 0 saturated heterocycles. The third kappa shape index (κ3) is 9.78. The van der Waals surface area contributed by atoms with Crippen LogP contribution in [-0.2, 0) is 45.6 Å². The Labute approximate surface area is 161 Å². The molecule has 0 aliphatic heterocycles. The molecule has 0 spiro atoms. The standard InChI is InChI=1S/C17H14O.2CH3.2Pd/c18-17(13-11-15-7-3-1-4-8-15)14-12-16-9-5-2-6-10-16;;;;/h1-14H;2*1H3;;/q;2*-1;;/b13-11+,14-12+;;;;. The van der Waals surface area contributed by atoms with Gasteiger partial charge in [0.2, 0.25) is 0 Å². The first-order valence-electron chi connectivity index (χ1n) is 5.85. The molecular weight excluding hydrogens is 457 g/mol. The molecule has 0 N–H and O–H groups in total. The Morgan fingerprint density at radius 1 is 0.636 bits per heavy atom. The average Bonchev–Trinajstić information content (AvgIpc) is 2.45. The van der Waals surface area contributed by atoms with Crippen molar-refractivity contribution in [3.63, 3.8) is 0 Å². The summed E-state index contributed by atoms with van der Waals surface area (Å²) in [5.74, 6) is -0.0114. The maximum absolute atomic E-state index is 11.6. The second-order valence-corrected chi connectivity index (χ2v) is 3.89. The molecule has 22 heavy (non-hydrogen) atoms. The Morgan fingerprint density at radius 2 is 0.955 bits per heavy atom. The van der Waals surface area contributed by atoms with Crippen molar-refractivity contribution in [1.82, 2.24) is 0 Å². The molecule has 0 unspecified atom stereocenters. The van der Waals surface area contributed by atoms with Crippen molar-refractivity contribution in [1.29, 1.82) is 0 Å². The van der Waals surface area contributed by atoms with Gasteiger partial charge in [0.15, 0.2) is 5.78 Å². The van der Waals surface area contributed by atoms with E-state index in [-0.39, 0.29) is 61.5 Å². The van der Waals surface area contributed by atoms with Crippen LogP contribution in [0.5, 0.6) is 0 Å². The van der Waals surface area contributed by atoms with Gasteiger partial charge in [-0.2, -0.15) is 0 Å². The van der Waals surface area contributed by atoms with Crippen LogP contribution in [0.1, 0.15) is 11.1 Å². The van der Waals surface area contributed by atoms with Gasteiger partial charge in [0, 0.05) is 40.8 Å². The van der Waals surface area contributed by atoms with Gasteiger partial charge in [0.25, 0.3) is 0 Å². The van der Waals surface area contributed by atoms with E-state index in [1.165, 1.54) is 0 Å². The predicted molar refractivity (Wildman–Crippen MR) is 88.8 cm³/mol. The number of benzene rings is 2. The Bertz CT molecular complexity index is 509. The summed E-state index contributed by atoms with van der Waals surface area (Å²) in [6, 6.07) is 19.6. The monoisotopic (exact) mass is 476 g/mol. The molecule has 0 aromatic heterocycles. The van der Waals surface area contributed by atoms with Crippen LogP contribution < -0.4 is 0 Å². The smallest absolute Gasteiger partial charge is 0.178 e. The van der Waals surface area contributed by atoms with Crippen LogP contribution in [0.4, 0.5) is 0 Å². The number of carbonyl (C=O) groups is 1. The zero-order valence-corrected chi connectivity index (χ0v) is 15.7. The van der Waals surface area contributed by atoms with E-state index in [4.69, 9.17) is 0 Å². The van der Waals surface area contributed by atoms with E-state index in [1.807, 2.05) is 72.8 Å². The van der Waals surface area contributed by atoms with Crippen LogP contribution in [0.15, 0.2) is 72.8 Å². The van der Waals surface area contributed by atoms with E-state index in [2.05, 4.69) is 0 Å². The first-order valence-corrected chi connectivity index (χ1v) is 5.85. The molecule has 3 heteroatoms. The van der Waals surface area contributed by atoms with Crippen molar-refractivity contribution in [2.24, 2.45) is 0 Å². The third-order valence-electron chi connectivity index (χ3n) is 2.48. The van der Waals surface area contributed by atoms with Gasteiger partial charge in [-0.1, -0.05) is 72.8 Å². The first kappa shape index (κ1) is 25.8. The number of allylic oxidation sites excluding steroid dienone is 2. The molecule has 2 aromatic carbocycles. The van der Waals surface area contributed by atoms with Gasteiger partial charge in [-0.25, -0.2) is 0 Å². The van der Waals surface area contributed by atoms with Gasteiger partial charge < -0.3 is 14.9 Å². The summed E-state index contributed by atoms with van der Waals surface area (Å²) in [6.45, 7) is 0. The second kappa shape index (κ2) is 14.8. The fourth-order valence-corrected chi connectivity index (χ4v) is 1.54. The number of hydrogen-bond acceptors (Lipinski definition) is 1. The normalized spacial score (nSPS) is 9.09. The molecule has 0 atom stereocenters. The summed E-state index contributed by atoms with van der Waals surface area (Å²) in [5.41, 5.74) is 2.05. The maximum atomic E-state index is 11.6. The van der Waals surface area contributed by atoms with Gasteiger partial charge >= 0.3 is 0 Å². The van der Waals surface area contributed by atoms with Crippen molar-refractivity contribution >= 4 is 17.9 Å². The van der Waals surface area contributed by atoms with Gasteiger partial charge in [0.05, 0.1) is 0 Å². The molecule has 0 saturated carbocycles. The molecule has 0 aliphatic rings. The summed E-state index contributed by atoms with van der Waals surface area (Å²) in [6.07, 6.45) is 6.79. The zero-order chi connectivity index (χ0) is 12.6. The summed E-state index contributed by atoms with van der Waals surface area (Å²) in [4.78, 5) is 11.6. The van der Waals surface area contributed by atoms with Crippen LogP contribution in [0, 0.1) is 14.9 Å². The Hall–Kier alpha value is -1.09. The van der Waals surface area contributed by atoms with E-state index < -0.39 is 0 Å². The largest absolute Gasteiger partial charge is 0.358 e. The summed E-state index contributed by atoms with van der Waals surface area (Å²) < 4.78 is 0. The van der Waals surface area contributed by atoms with Gasteiger partial charge in [0.1, 0.15) is 0 Å². The van der Waals surface area contributed by atoms with E-state index in [0.717, 1.165) is 11.1 Å². The minimum absolute atomic E-state index is 0. The summed E-state index contributed by atoms with van der Waals surface area (Å²) >= 11 is 0. The molecule has 2 rings (SSSR count). The molecule has 0 heterocycles. The van der Waals surface area contributed by atoms with Crippen molar-refractivity contribution in [3.8, 4) is 0 Å². The SMILES string of the molecule is O=C(/C=C/c1ccccc1)/C=C/c1ccccc1.[CH3-].[CH3-].[Pd].[Pd]. The topological polar surface area (TPSA) is 17.1 Å². The van der Waals surface area contributed by atoms with Crippen molar-refractivity contribution in [3.05, 3.63) is 98.8 Å². The molecule has 0 radical (unpaired) electrons. The van der Waals surface area contributed by atoms with Gasteiger partial charge in [-0.15, -0.1) is 0 Å². The molecule has 1 nitrogen and oxygen atoms in total.